The van der Waals surface area contributed by atoms with Crippen molar-refractivity contribution in [1.82, 2.24) is 10.6 Å². The molecule has 1 heterocycles. The second kappa shape index (κ2) is 5.94. The van der Waals surface area contributed by atoms with Crippen molar-refractivity contribution < 1.29 is 9.90 Å². The van der Waals surface area contributed by atoms with E-state index in [1.54, 1.807) is 0 Å². The van der Waals surface area contributed by atoms with E-state index < -0.39 is 5.97 Å². The Kier molecular flexibility index (Phi) is 4.78. The van der Waals surface area contributed by atoms with Crippen molar-refractivity contribution >= 4 is 5.97 Å². The highest BCUT2D eigenvalue weighted by molar-refractivity contribution is 5.66. The van der Waals surface area contributed by atoms with Gasteiger partial charge in [-0.25, -0.2) is 0 Å². The summed E-state index contributed by atoms with van der Waals surface area (Å²) in [4.78, 5) is 10.2. The average molecular weight is 186 g/mol. The molecule has 0 aromatic carbocycles. The van der Waals surface area contributed by atoms with Gasteiger partial charge in [0.25, 0.3) is 0 Å². The molecule has 3 N–H and O–H groups in total. The summed E-state index contributed by atoms with van der Waals surface area (Å²) in [5.41, 5.74) is 0. The molecule has 0 radical (unpaired) electrons. The van der Waals surface area contributed by atoms with Crippen molar-refractivity contribution in [2.45, 2.75) is 19.3 Å². The molecule has 1 fully saturated rings. The Bertz CT molecular complexity index is 156. The molecule has 4 heteroatoms. The van der Waals surface area contributed by atoms with Gasteiger partial charge in [-0.1, -0.05) is 0 Å². The van der Waals surface area contributed by atoms with Gasteiger partial charge in [-0.2, -0.15) is 0 Å². The molecule has 1 rings (SSSR count). The maximum Gasteiger partial charge on any atom is 0.304 e. The van der Waals surface area contributed by atoms with Crippen LogP contribution >= 0.6 is 0 Å². The lowest BCUT2D eigenvalue weighted by atomic mass is 9.98. The Morgan fingerprint density at radius 2 is 2.15 bits per heavy atom. The lowest BCUT2D eigenvalue weighted by Crippen LogP contribution is -2.34. The highest BCUT2D eigenvalue weighted by Gasteiger charge is 2.11. The van der Waals surface area contributed by atoms with E-state index in [0.29, 0.717) is 6.54 Å². The molecule has 0 bridgehead atoms. The third-order valence-corrected chi connectivity index (χ3v) is 2.41. The zero-order chi connectivity index (χ0) is 9.52. The van der Waals surface area contributed by atoms with E-state index in [1.165, 1.54) is 12.8 Å². The summed E-state index contributed by atoms with van der Waals surface area (Å²) in [6, 6.07) is 0. The summed E-state index contributed by atoms with van der Waals surface area (Å²) in [6.45, 7) is 3.77. The SMILES string of the molecule is O=C(O)CCNCC1CCNCC1. The maximum atomic E-state index is 10.2. The van der Waals surface area contributed by atoms with Crippen LogP contribution in [0.3, 0.4) is 0 Å². The van der Waals surface area contributed by atoms with Crippen LogP contribution in [0.4, 0.5) is 0 Å². The number of nitrogens with one attached hydrogen (secondary N) is 2. The van der Waals surface area contributed by atoms with E-state index in [4.69, 9.17) is 5.11 Å². The zero-order valence-electron chi connectivity index (χ0n) is 7.88. The van der Waals surface area contributed by atoms with E-state index in [0.717, 1.165) is 25.6 Å². The smallest absolute Gasteiger partial charge is 0.304 e. The van der Waals surface area contributed by atoms with Crippen molar-refractivity contribution in [1.29, 1.82) is 0 Å². The molecule has 0 spiro atoms. The van der Waals surface area contributed by atoms with E-state index in [9.17, 15) is 4.79 Å². The van der Waals surface area contributed by atoms with Gasteiger partial charge in [-0.05, 0) is 38.4 Å². The number of hydrogen-bond acceptors (Lipinski definition) is 3. The molecule has 0 aliphatic carbocycles. The third-order valence-electron chi connectivity index (χ3n) is 2.41. The first-order valence-corrected chi connectivity index (χ1v) is 4.92. The van der Waals surface area contributed by atoms with Gasteiger partial charge >= 0.3 is 5.97 Å². The van der Waals surface area contributed by atoms with Gasteiger partial charge in [0.15, 0.2) is 0 Å². The molecule has 1 aliphatic heterocycles. The van der Waals surface area contributed by atoms with Crippen LogP contribution in [0.2, 0.25) is 0 Å². The fraction of sp³-hybridized carbons (Fsp3) is 0.889. The van der Waals surface area contributed by atoms with Gasteiger partial charge in [0, 0.05) is 6.54 Å². The minimum absolute atomic E-state index is 0.227. The molecule has 1 saturated heterocycles. The van der Waals surface area contributed by atoms with Gasteiger partial charge in [0.05, 0.1) is 6.42 Å². The van der Waals surface area contributed by atoms with Gasteiger partial charge in [0.2, 0.25) is 0 Å². The molecule has 0 saturated carbocycles. The van der Waals surface area contributed by atoms with Crippen LogP contribution in [-0.4, -0.2) is 37.3 Å². The highest BCUT2D eigenvalue weighted by Crippen LogP contribution is 2.09. The van der Waals surface area contributed by atoms with Crippen molar-refractivity contribution in [2.24, 2.45) is 5.92 Å². The molecule has 4 nitrogen and oxygen atoms in total. The van der Waals surface area contributed by atoms with Crippen molar-refractivity contribution in [3.05, 3.63) is 0 Å². The van der Waals surface area contributed by atoms with E-state index in [2.05, 4.69) is 10.6 Å². The topological polar surface area (TPSA) is 61.4 Å². The monoisotopic (exact) mass is 186 g/mol. The number of piperidine rings is 1. The summed E-state index contributed by atoms with van der Waals surface area (Å²) < 4.78 is 0. The summed E-state index contributed by atoms with van der Waals surface area (Å²) >= 11 is 0. The first-order valence-electron chi connectivity index (χ1n) is 4.92. The molecule has 0 atom stereocenters. The Labute approximate surface area is 78.7 Å². The molecule has 0 aromatic heterocycles. The largest absolute Gasteiger partial charge is 0.481 e. The zero-order valence-corrected chi connectivity index (χ0v) is 7.88. The Morgan fingerprint density at radius 3 is 2.77 bits per heavy atom. The highest BCUT2D eigenvalue weighted by atomic mass is 16.4. The molecular formula is C9H18N2O2. The molecule has 0 amide bonds. The van der Waals surface area contributed by atoms with Gasteiger partial charge < -0.3 is 15.7 Å². The van der Waals surface area contributed by atoms with Crippen molar-refractivity contribution in [3.8, 4) is 0 Å². The summed E-state index contributed by atoms with van der Waals surface area (Å²) in [7, 11) is 0. The number of aliphatic carboxylic acids is 1. The lowest BCUT2D eigenvalue weighted by Gasteiger charge is -2.22. The van der Waals surface area contributed by atoms with Crippen LogP contribution in [0.5, 0.6) is 0 Å². The predicted octanol–water partition coefficient (Wildman–Crippen LogP) is 0.0503. The predicted molar refractivity (Wildman–Crippen MR) is 50.7 cm³/mol. The second-order valence-electron chi connectivity index (χ2n) is 3.54. The first kappa shape index (κ1) is 10.5. The normalized spacial score (nSPS) is 18.8. The summed E-state index contributed by atoms with van der Waals surface area (Å²) in [6.07, 6.45) is 2.64. The number of rotatable bonds is 5. The number of carboxylic acid groups (broad SMARTS) is 1. The van der Waals surface area contributed by atoms with Crippen LogP contribution in [0.25, 0.3) is 0 Å². The first-order chi connectivity index (χ1) is 6.29. The van der Waals surface area contributed by atoms with Crippen LogP contribution in [-0.2, 0) is 4.79 Å². The molecule has 0 unspecified atom stereocenters. The van der Waals surface area contributed by atoms with Gasteiger partial charge in [0.1, 0.15) is 0 Å². The van der Waals surface area contributed by atoms with Crippen LogP contribution in [0.15, 0.2) is 0 Å². The standard InChI is InChI=1S/C9H18N2O2/c12-9(13)3-6-11-7-8-1-4-10-5-2-8/h8,10-11H,1-7H2,(H,12,13). The average Bonchev–Trinajstić information content (AvgIpc) is 2.14. The Morgan fingerprint density at radius 1 is 1.46 bits per heavy atom. The molecular weight excluding hydrogens is 168 g/mol. The lowest BCUT2D eigenvalue weighted by molar-refractivity contribution is -0.136. The Hall–Kier alpha value is -0.610. The fourth-order valence-corrected chi connectivity index (χ4v) is 1.59. The van der Waals surface area contributed by atoms with Crippen molar-refractivity contribution in [3.63, 3.8) is 0 Å². The quantitative estimate of drug-likeness (QED) is 0.531. The summed E-state index contributed by atoms with van der Waals surface area (Å²) in [5.74, 6) is 0.00727. The molecule has 13 heavy (non-hydrogen) atoms. The van der Waals surface area contributed by atoms with Crippen LogP contribution in [0.1, 0.15) is 19.3 Å². The Balaban J connectivity index is 1.95. The minimum atomic E-state index is -0.724. The number of hydrogen-bond donors (Lipinski definition) is 3. The number of carbonyl (C=O) groups is 1. The third kappa shape index (κ3) is 4.85. The van der Waals surface area contributed by atoms with E-state index >= 15 is 0 Å². The van der Waals surface area contributed by atoms with E-state index in [-0.39, 0.29) is 6.42 Å². The van der Waals surface area contributed by atoms with Gasteiger partial charge in [-0.3, -0.25) is 4.79 Å². The minimum Gasteiger partial charge on any atom is -0.481 e. The maximum absolute atomic E-state index is 10.2. The molecule has 1 aliphatic rings. The van der Waals surface area contributed by atoms with E-state index in [1.807, 2.05) is 0 Å². The van der Waals surface area contributed by atoms with Crippen LogP contribution in [0, 0.1) is 5.92 Å². The molecule has 0 aromatic rings. The fourth-order valence-electron chi connectivity index (χ4n) is 1.59. The molecule has 76 valence electrons. The van der Waals surface area contributed by atoms with Gasteiger partial charge in [-0.15, -0.1) is 0 Å². The second-order valence-corrected chi connectivity index (χ2v) is 3.54. The van der Waals surface area contributed by atoms with Crippen molar-refractivity contribution in [2.75, 3.05) is 26.2 Å². The number of carboxylic acids is 1. The summed E-state index contributed by atoms with van der Waals surface area (Å²) in [5, 5.41) is 14.9. The van der Waals surface area contributed by atoms with Crippen LogP contribution < -0.4 is 10.6 Å².